The molecule has 0 heterocycles. The van der Waals surface area contributed by atoms with Crippen molar-refractivity contribution in [2.75, 3.05) is 0 Å². The van der Waals surface area contributed by atoms with E-state index in [1.165, 1.54) is 12.1 Å². The van der Waals surface area contributed by atoms with Gasteiger partial charge in [0, 0.05) is 12.5 Å². The van der Waals surface area contributed by atoms with Crippen LogP contribution in [0.2, 0.25) is 0 Å². The molecular formula is C12H15O6P. The monoisotopic (exact) mass is 286 g/mol. The van der Waals surface area contributed by atoms with Crippen LogP contribution in [0.3, 0.4) is 0 Å². The predicted molar refractivity (Wildman–Crippen MR) is 68.3 cm³/mol. The van der Waals surface area contributed by atoms with Gasteiger partial charge in [-0.05, 0) is 12.1 Å². The molecule has 104 valence electrons. The second-order valence-electron chi connectivity index (χ2n) is 3.46. The van der Waals surface area contributed by atoms with E-state index in [1.54, 1.807) is 25.1 Å². The van der Waals surface area contributed by atoms with E-state index in [4.69, 9.17) is 13.8 Å². The van der Waals surface area contributed by atoms with Gasteiger partial charge in [-0.2, -0.15) is 0 Å². The highest BCUT2D eigenvalue weighted by Gasteiger charge is 2.29. The second kappa shape index (κ2) is 7.09. The van der Waals surface area contributed by atoms with Gasteiger partial charge in [-0.25, -0.2) is 13.9 Å². The number of esters is 1. The average Bonchev–Trinajstić information content (AvgIpc) is 2.38. The number of rotatable bonds is 7. The van der Waals surface area contributed by atoms with Crippen LogP contribution in [0.5, 0.6) is 5.75 Å². The molecule has 0 bridgehead atoms. The van der Waals surface area contributed by atoms with Crippen molar-refractivity contribution < 1.29 is 28.0 Å². The molecule has 0 aliphatic rings. The number of hydrogen-bond donors (Lipinski definition) is 1. The molecule has 7 heteroatoms. The minimum atomic E-state index is -4.37. The van der Waals surface area contributed by atoms with Crippen LogP contribution in [-0.4, -0.2) is 17.2 Å². The summed E-state index contributed by atoms with van der Waals surface area (Å²) in [5.41, 5.74) is 0. The van der Waals surface area contributed by atoms with Gasteiger partial charge in [-0.15, -0.1) is 0 Å². The number of phosphoric ester groups is 1. The number of hydrogen-bond acceptors (Lipinski definition) is 5. The molecule has 1 rings (SSSR count). The van der Waals surface area contributed by atoms with E-state index < -0.39 is 20.1 Å². The highest BCUT2D eigenvalue weighted by atomic mass is 31.2. The van der Waals surface area contributed by atoms with Crippen LogP contribution in [0.4, 0.5) is 0 Å². The van der Waals surface area contributed by atoms with Crippen molar-refractivity contribution in [2.45, 2.75) is 19.6 Å². The lowest BCUT2D eigenvalue weighted by atomic mass is 10.3. The Bertz CT molecular complexity index is 472. The first-order valence-electron chi connectivity index (χ1n) is 5.55. The summed E-state index contributed by atoms with van der Waals surface area (Å²) in [7, 11) is -4.37. The molecule has 1 N–H and O–H groups in total. The molecule has 0 amide bonds. The fourth-order valence-electron chi connectivity index (χ4n) is 1.14. The van der Waals surface area contributed by atoms with Crippen LogP contribution in [-0.2, 0) is 18.6 Å². The van der Waals surface area contributed by atoms with Gasteiger partial charge in [0.25, 0.3) is 0 Å². The van der Waals surface area contributed by atoms with E-state index in [0.29, 0.717) is 0 Å². The molecule has 0 aliphatic heterocycles. The topological polar surface area (TPSA) is 82.1 Å². The van der Waals surface area contributed by atoms with Crippen molar-refractivity contribution in [1.82, 2.24) is 0 Å². The van der Waals surface area contributed by atoms with Crippen molar-refractivity contribution in [3.63, 3.8) is 0 Å². The van der Waals surface area contributed by atoms with E-state index in [9.17, 15) is 14.3 Å². The normalized spacial score (nSPS) is 15.1. The molecule has 0 saturated heterocycles. The standard InChI is InChI=1S/C12H15O6P/c1-3-11(13)16-12(4-2)18-19(14,15)17-10-8-6-5-7-9-10/h3,5-9,12H,1,4H2,2H3,(H,14,15). The SMILES string of the molecule is C=CC(=O)OC(CC)OP(=O)(O)Oc1ccccc1. The zero-order valence-electron chi connectivity index (χ0n) is 10.4. The Morgan fingerprint density at radius 1 is 1.47 bits per heavy atom. The van der Waals surface area contributed by atoms with Crippen LogP contribution in [0.15, 0.2) is 43.0 Å². The van der Waals surface area contributed by atoms with E-state index in [0.717, 1.165) is 6.08 Å². The van der Waals surface area contributed by atoms with E-state index in [1.807, 2.05) is 0 Å². The fraction of sp³-hybridized carbons (Fsp3) is 0.250. The summed E-state index contributed by atoms with van der Waals surface area (Å²) in [6.07, 6.45) is -0.0423. The summed E-state index contributed by atoms with van der Waals surface area (Å²) >= 11 is 0. The molecule has 2 unspecified atom stereocenters. The van der Waals surface area contributed by atoms with Gasteiger partial charge in [0.2, 0.25) is 6.29 Å². The summed E-state index contributed by atoms with van der Waals surface area (Å²) in [6.45, 7) is 4.85. The van der Waals surface area contributed by atoms with E-state index in [2.05, 4.69) is 6.58 Å². The quantitative estimate of drug-likeness (QED) is 0.359. The number of carbonyl (C=O) groups is 1. The predicted octanol–water partition coefficient (Wildman–Crippen LogP) is 2.65. The van der Waals surface area contributed by atoms with Gasteiger partial charge in [0.1, 0.15) is 5.75 Å². The Morgan fingerprint density at radius 3 is 2.63 bits per heavy atom. The molecule has 2 atom stereocenters. The summed E-state index contributed by atoms with van der Waals surface area (Å²) in [4.78, 5) is 20.5. The van der Waals surface area contributed by atoms with Crippen LogP contribution in [0.25, 0.3) is 0 Å². The third-order valence-corrected chi connectivity index (χ3v) is 2.91. The molecule has 19 heavy (non-hydrogen) atoms. The van der Waals surface area contributed by atoms with Crippen molar-refractivity contribution in [2.24, 2.45) is 0 Å². The lowest BCUT2D eigenvalue weighted by Crippen LogP contribution is -2.19. The first kappa shape index (κ1) is 15.4. The summed E-state index contributed by atoms with van der Waals surface area (Å²) in [5, 5.41) is 0. The zero-order chi connectivity index (χ0) is 14.3. The zero-order valence-corrected chi connectivity index (χ0v) is 11.3. The Kier molecular flexibility index (Phi) is 5.76. The molecule has 0 fully saturated rings. The maximum absolute atomic E-state index is 11.7. The minimum absolute atomic E-state index is 0.179. The molecule has 0 aliphatic carbocycles. The highest BCUT2D eigenvalue weighted by Crippen LogP contribution is 2.45. The highest BCUT2D eigenvalue weighted by molar-refractivity contribution is 7.47. The van der Waals surface area contributed by atoms with Gasteiger partial charge < -0.3 is 9.26 Å². The molecule has 1 aromatic rings. The molecular weight excluding hydrogens is 271 g/mol. The van der Waals surface area contributed by atoms with Crippen molar-refractivity contribution >= 4 is 13.8 Å². The van der Waals surface area contributed by atoms with Gasteiger partial charge in [-0.3, -0.25) is 4.89 Å². The second-order valence-corrected chi connectivity index (χ2v) is 4.79. The third-order valence-electron chi connectivity index (χ3n) is 1.96. The number of phosphoric acid groups is 1. The average molecular weight is 286 g/mol. The number of benzene rings is 1. The Balaban J connectivity index is 2.64. The smallest absolute Gasteiger partial charge is 0.432 e. The van der Waals surface area contributed by atoms with Crippen LogP contribution in [0, 0.1) is 0 Å². The van der Waals surface area contributed by atoms with Crippen LogP contribution >= 0.6 is 7.82 Å². The molecule has 6 nitrogen and oxygen atoms in total. The lowest BCUT2D eigenvalue weighted by Gasteiger charge is -2.19. The summed E-state index contributed by atoms with van der Waals surface area (Å²) in [6, 6.07) is 8.03. The largest absolute Gasteiger partial charge is 0.530 e. The number of para-hydroxylation sites is 1. The molecule has 0 saturated carbocycles. The molecule has 0 aromatic heterocycles. The van der Waals surface area contributed by atoms with Gasteiger partial charge in [0.05, 0.1) is 0 Å². The first-order chi connectivity index (χ1) is 8.96. The molecule has 0 spiro atoms. The number of carbonyl (C=O) groups excluding carboxylic acids is 1. The maximum Gasteiger partial charge on any atom is 0.530 e. The molecule has 1 aromatic carbocycles. The minimum Gasteiger partial charge on any atom is -0.432 e. The van der Waals surface area contributed by atoms with Gasteiger partial charge in [-0.1, -0.05) is 31.7 Å². The van der Waals surface area contributed by atoms with Crippen molar-refractivity contribution in [3.05, 3.63) is 43.0 Å². The fourth-order valence-corrected chi connectivity index (χ4v) is 2.06. The van der Waals surface area contributed by atoms with Crippen LogP contribution < -0.4 is 4.52 Å². The van der Waals surface area contributed by atoms with Crippen molar-refractivity contribution in [1.29, 1.82) is 0 Å². The number of ether oxygens (including phenoxy) is 1. The summed E-state index contributed by atoms with van der Waals surface area (Å²) in [5.74, 6) is -0.565. The first-order valence-corrected chi connectivity index (χ1v) is 7.05. The Morgan fingerprint density at radius 2 is 2.11 bits per heavy atom. The van der Waals surface area contributed by atoms with E-state index >= 15 is 0 Å². The third kappa shape index (κ3) is 5.70. The Labute approximate surface area is 111 Å². The summed E-state index contributed by atoms with van der Waals surface area (Å²) < 4.78 is 26.0. The van der Waals surface area contributed by atoms with Crippen molar-refractivity contribution in [3.8, 4) is 5.75 Å². The van der Waals surface area contributed by atoms with Crippen LogP contribution in [0.1, 0.15) is 13.3 Å². The Hall–Kier alpha value is -1.62. The molecule has 0 radical (unpaired) electrons. The van der Waals surface area contributed by atoms with Gasteiger partial charge >= 0.3 is 13.8 Å². The van der Waals surface area contributed by atoms with Gasteiger partial charge in [0.15, 0.2) is 0 Å². The lowest BCUT2D eigenvalue weighted by molar-refractivity contribution is -0.159. The maximum atomic E-state index is 11.7. The van der Waals surface area contributed by atoms with E-state index in [-0.39, 0.29) is 12.2 Å².